The zero-order valence-corrected chi connectivity index (χ0v) is 12.5. The Morgan fingerprint density at radius 1 is 1.10 bits per heavy atom. The summed E-state index contributed by atoms with van der Waals surface area (Å²) in [5, 5.41) is 0. The number of carbonyl (C=O) groups excluding carboxylic acids is 1. The second kappa shape index (κ2) is 4.69. The van der Waals surface area contributed by atoms with Crippen molar-refractivity contribution in [1.29, 1.82) is 0 Å². The Labute approximate surface area is 124 Å². The molecule has 0 fully saturated rings. The maximum atomic E-state index is 13.1. The van der Waals surface area contributed by atoms with Crippen molar-refractivity contribution in [1.82, 2.24) is 0 Å². The molecule has 1 atom stereocenters. The third-order valence-electron chi connectivity index (χ3n) is 4.61. The van der Waals surface area contributed by atoms with Crippen molar-refractivity contribution < 1.29 is 9.18 Å². The van der Waals surface area contributed by atoms with Gasteiger partial charge in [-0.2, -0.15) is 0 Å². The molecule has 1 heterocycles. The normalized spacial score (nSPS) is 20.8. The van der Waals surface area contributed by atoms with Gasteiger partial charge >= 0.3 is 0 Å². The van der Waals surface area contributed by atoms with Crippen molar-refractivity contribution in [2.45, 2.75) is 25.7 Å². The molecule has 2 aromatic carbocycles. The van der Waals surface area contributed by atoms with Gasteiger partial charge in [0.2, 0.25) is 5.91 Å². The number of halogens is 1. The van der Waals surface area contributed by atoms with Crippen molar-refractivity contribution >= 4 is 11.6 Å². The molecule has 2 aromatic rings. The van der Waals surface area contributed by atoms with E-state index < -0.39 is 5.41 Å². The lowest BCUT2D eigenvalue weighted by Gasteiger charge is -2.21. The standard InChI is InChI=1S/C18H18FNO/c1-4-18(2)15-11-13(12-5-8-14(19)9-6-12)7-10-16(15)20(3)17(18)21/h5-11H,4H2,1-3H3. The highest BCUT2D eigenvalue weighted by molar-refractivity contribution is 6.07. The van der Waals surface area contributed by atoms with Crippen molar-refractivity contribution in [3.63, 3.8) is 0 Å². The van der Waals surface area contributed by atoms with Gasteiger partial charge in [-0.3, -0.25) is 4.79 Å². The first kappa shape index (κ1) is 13.8. The summed E-state index contributed by atoms with van der Waals surface area (Å²) in [5.74, 6) is -0.107. The molecule has 108 valence electrons. The summed E-state index contributed by atoms with van der Waals surface area (Å²) in [7, 11) is 1.82. The Balaban J connectivity index is 2.14. The van der Waals surface area contributed by atoms with Gasteiger partial charge in [0.15, 0.2) is 0 Å². The molecule has 0 saturated heterocycles. The number of likely N-dealkylation sites (N-methyl/N-ethyl adjacent to an activating group) is 1. The number of rotatable bonds is 2. The Hall–Kier alpha value is -2.16. The van der Waals surface area contributed by atoms with Crippen LogP contribution in [-0.4, -0.2) is 13.0 Å². The van der Waals surface area contributed by atoms with Gasteiger partial charge in [0.25, 0.3) is 0 Å². The van der Waals surface area contributed by atoms with Gasteiger partial charge in [-0.15, -0.1) is 0 Å². The molecular formula is C18H18FNO. The first-order chi connectivity index (χ1) is 9.97. The SMILES string of the molecule is CCC1(C)C(=O)N(C)c2ccc(-c3ccc(F)cc3)cc21. The van der Waals surface area contributed by atoms with Crippen molar-refractivity contribution in [2.24, 2.45) is 0 Å². The number of hydrogen-bond acceptors (Lipinski definition) is 1. The van der Waals surface area contributed by atoms with E-state index in [1.807, 2.05) is 33.0 Å². The fourth-order valence-corrected chi connectivity index (χ4v) is 3.03. The number of benzene rings is 2. The quantitative estimate of drug-likeness (QED) is 0.811. The topological polar surface area (TPSA) is 20.3 Å². The summed E-state index contributed by atoms with van der Waals surface area (Å²) in [6.45, 7) is 4.03. The minimum absolute atomic E-state index is 0.135. The highest BCUT2D eigenvalue weighted by atomic mass is 19.1. The molecule has 21 heavy (non-hydrogen) atoms. The van der Waals surface area contributed by atoms with Crippen LogP contribution >= 0.6 is 0 Å². The van der Waals surface area contributed by atoms with E-state index in [2.05, 4.69) is 6.07 Å². The van der Waals surface area contributed by atoms with E-state index in [0.717, 1.165) is 28.8 Å². The number of nitrogens with zero attached hydrogens (tertiary/aromatic N) is 1. The first-order valence-corrected chi connectivity index (χ1v) is 7.16. The van der Waals surface area contributed by atoms with E-state index in [9.17, 15) is 9.18 Å². The Morgan fingerprint density at radius 3 is 2.33 bits per heavy atom. The monoisotopic (exact) mass is 283 g/mol. The van der Waals surface area contributed by atoms with E-state index in [1.54, 1.807) is 17.0 Å². The van der Waals surface area contributed by atoms with Crippen LogP contribution in [0, 0.1) is 5.82 Å². The van der Waals surface area contributed by atoms with Crippen LogP contribution in [0.15, 0.2) is 42.5 Å². The molecule has 0 N–H and O–H groups in total. The minimum atomic E-state index is -0.472. The molecule has 0 spiro atoms. The number of hydrogen-bond donors (Lipinski definition) is 0. The van der Waals surface area contributed by atoms with Crippen molar-refractivity contribution in [2.75, 3.05) is 11.9 Å². The molecule has 3 rings (SSSR count). The number of anilines is 1. The molecule has 1 amide bonds. The van der Waals surface area contributed by atoms with Gasteiger partial charge in [0.05, 0.1) is 5.41 Å². The van der Waals surface area contributed by atoms with E-state index in [4.69, 9.17) is 0 Å². The fourth-order valence-electron chi connectivity index (χ4n) is 3.03. The lowest BCUT2D eigenvalue weighted by molar-refractivity contribution is -0.122. The molecule has 1 aliphatic heterocycles. The molecule has 0 bridgehead atoms. The second-order valence-electron chi connectivity index (χ2n) is 5.79. The minimum Gasteiger partial charge on any atom is -0.314 e. The average Bonchev–Trinajstić information content (AvgIpc) is 2.70. The van der Waals surface area contributed by atoms with Gasteiger partial charge < -0.3 is 4.90 Å². The zero-order chi connectivity index (χ0) is 15.2. The third kappa shape index (κ3) is 1.96. The summed E-state index contributed by atoms with van der Waals surface area (Å²) in [6.07, 6.45) is 0.760. The van der Waals surface area contributed by atoms with Crippen LogP contribution in [0.1, 0.15) is 25.8 Å². The summed E-state index contributed by atoms with van der Waals surface area (Å²) < 4.78 is 13.1. The van der Waals surface area contributed by atoms with Crippen molar-refractivity contribution in [3.05, 3.63) is 53.8 Å². The molecule has 0 radical (unpaired) electrons. The largest absolute Gasteiger partial charge is 0.314 e. The van der Waals surface area contributed by atoms with Crippen LogP contribution in [0.4, 0.5) is 10.1 Å². The number of amides is 1. The molecule has 1 unspecified atom stereocenters. The molecule has 2 nitrogen and oxygen atoms in total. The molecule has 1 aliphatic rings. The van der Waals surface area contributed by atoms with Crippen LogP contribution in [0.2, 0.25) is 0 Å². The van der Waals surface area contributed by atoms with E-state index in [-0.39, 0.29) is 11.7 Å². The highest BCUT2D eigenvalue weighted by Crippen LogP contribution is 2.44. The molecule has 0 saturated carbocycles. The third-order valence-corrected chi connectivity index (χ3v) is 4.61. The Morgan fingerprint density at radius 2 is 1.71 bits per heavy atom. The number of fused-ring (bicyclic) bond motifs is 1. The van der Waals surface area contributed by atoms with Gasteiger partial charge in [-0.1, -0.05) is 25.1 Å². The summed E-state index contributed by atoms with van der Waals surface area (Å²) in [4.78, 5) is 14.2. The summed E-state index contributed by atoms with van der Waals surface area (Å²) in [6, 6.07) is 12.5. The van der Waals surface area contributed by atoms with E-state index in [0.29, 0.717) is 0 Å². The van der Waals surface area contributed by atoms with E-state index >= 15 is 0 Å². The lowest BCUT2D eigenvalue weighted by Crippen LogP contribution is -2.35. The maximum absolute atomic E-state index is 13.1. The van der Waals surface area contributed by atoms with Gasteiger partial charge in [0, 0.05) is 12.7 Å². The van der Waals surface area contributed by atoms with Crippen LogP contribution < -0.4 is 4.90 Å². The van der Waals surface area contributed by atoms with Gasteiger partial charge in [-0.05, 0) is 54.3 Å². The van der Waals surface area contributed by atoms with Crippen LogP contribution in [0.5, 0.6) is 0 Å². The predicted octanol–water partition coefficient (Wildman–Crippen LogP) is 4.14. The van der Waals surface area contributed by atoms with Crippen LogP contribution in [0.3, 0.4) is 0 Å². The Bertz CT molecular complexity index is 708. The zero-order valence-electron chi connectivity index (χ0n) is 12.5. The first-order valence-electron chi connectivity index (χ1n) is 7.16. The summed E-state index contributed by atoms with van der Waals surface area (Å²) in [5.41, 5.74) is 3.52. The summed E-state index contributed by atoms with van der Waals surface area (Å²) >= 11 is 0. The lowest BCUT2D eigenvalue weighted by atomic mass is 9.80. The average molecular weight is 283 g/mol. The molecule has 0 aromatic heterocycles. The Kier molecular flexibility index (Phi) is 3.08. The van der Waals surface area contributed by atoms with E-state index in [1.165, 1.54) is 12.1 Å². The predicted molar refractivity (Wildman–Crippen MR) is 82.9 cm³/mol. The molecule has 3 heteroatoms. The fraction of sp³-hybridized carbons (Fsp3) is 0.278. The molecular weight excluding hydrogens is 265 g/mol. The smallest absolute Gasteiger partial charge is 0.237 e. The van der Waals surface area contributed by atoms with Crippen LogP contribution in [0.25, 0.3) is 11.1 Å². The number of carbonyl (C=O) groups is 1. The maximum Gasteiger partial charge on any atom is 0.237 e. The van der Waals surface area contributed by atoms with Gasteiger partial charge in [-0.25, -0.2) is 4.39 Å². The van der Waals surface area contributed by atoms with Crippen molar-refractivity contribution in [3.8, 4) is 11.1 Å². The van der Waals surface area contributed by atoms with Crippen LogP contribution in [-0.2, 0) is 10.2 Å². The highest BCUT2D eigenvalue weighted by Gasteiger charge is 2.44. The molecule has 0 aliphatic carbocycles. The second-order valence-corrected chi connectivity index (χ2v) is 5.79. The van der Waals surface area contributed by atoms with Gasteiger partial charge in [0.1, 0.15) is 5.82 Å².